The first-order valence-corrected chi connectivity index (χ1v) is 7.63. The van der Waals surface area contributed by atoms with Crippen molar-refractivity contribution in [3.8, 4) is 5.75 Å². The van der Waals surface area contributed by atoms with Gasteiger partial charge in [-0.2, -0.15) is 0 Å². The van der Waals surface area contributed by atoms with Gasteiger partial charge in [-0.3, -0.25) is 0 Å². The number of nitrogens with one attached hydrogen (secondary N) is 1. The van der Waals surface area contributed by atoms with Crippen LogP contribution in [-0.2, 0) is 6.54 Å². The molecule has 1 unspecified atom stereocenters. The van der Waals surface area contributed by atoms with Crippen LogP contribution in [0.4, 0.5) is 0 Å². The van der Waals surface area contributed by atoms with Crippen LogP contribution in [0.3, 0.4) is 0 Å². The number of hydrogen-bond acceptors (Lipinski definition) is 3. The zero-order valence-electron chi connectivity index (χ0n) is 10.8. The molecule has 1 atom stereocenters. The predicted octanol–water partition coefficient (Wildman–Crippen LogP) is 5.01. The maximum Gasteiger partial charge on any atom is 0.140 e. The maximum atomic E-state index is 6.17. The number of benzene rings is 1. The molecular formula is C14H14Cl3NOS. The van der Waals surface area contributed by atoms with Crippen LogP contribution in [-0.4, -0.2) is 6.54 Å². The lowest BCUT2D eigenvalue weighted by atomic mass is 10.1. The van der Waals surface area contributed by atoms with Crippen LogP contribution in [0.5, 0.6) is 5.75 Å². The van der Waals surface area contributed by atoms with E-state index in [0.717, 1.165) is 13.1 Å². The highest BCUT2D eigenvalue weighted by Crippen LogP contribution is 2.37. The van der Waals surface area contributed by atoms with E-state index in [1.165, 1.54) is 15.3 Å². The molecule has 20 heavy (non-hydrogen) atoms. The number of thiophene rings is 1. The summed E-state index contributed by atoms with van der Waals surface area (Å²) in [6.07, 6.45) is -0.00957. The van der Waals surface area contributed by atoms with Gasteiger partial charge in [0.15, 0.2) is 0 Å². The number of aryl methyl sites for hydroxylation is 1. The first kappa shape index (κ1) is 15.9. The SMILES string of the molecule is Cc1cc2c(s1)CNCC2Oc1cccc(Cl)c1Cl.Cl. The lowest BCUT2D eigenvalue weighted by Gasteiger charge is -2.25. The molecule has 2 heterocycles. The van der Waals surface area contributed by atoms with Crippen LogP contribution in [0.15, 0.2) is 24.3 Å². The number of hydrogen-bond donors (Lipinski definition) is 1. The van der Waals surface area contributed by atoms with Crippen LogP contribution in [0.1, 0.15) is 21.4 Å². The monoisotopic (exact) mass is 349 g/mol. The molecule has 0 saturated carbocycles. The first-order valence-electron chi connectivity index (χ1n) is 6.05. The molecule has 1 aliphatic heterocycles. The third-order valence-electron chi connectivity index (χ3n) is 3.11. The molecule has 6 heteroatoms. The van der Waals surface area contributed by atoms with Gasteiger partial charge in [0.2, 0.25) is 0 Å². The van der Waals surface area contributed by atoms with E-state index in [2.05, 4.69) is 18.3 Å². The lowest BCUT2D eigenvalue weighted by molar-refractivity contribution is 0.193. The van der Waals surface area contributed by atoms with Gasteiger partial charge in [-0.1, -0.05) is 29.3 Å². The molecule has 2 nitrogen and oxygen atoms in total. The van der Waals surface area contributed by atoms with Gasteiger partial charge < -0.3 is 10.1 Å². The Morgan fingerprint density at radius 3 is 2.95 bits per heavy atom. The molecule has 1 aliphatic rings. The van der Waals surface area contributed by atoms with Gasteiger partial charge in [-0.25, -0.2) is 0 Å². The Labute approximate surface area is 138 Å². The van der Waals surface area contributed by atoms with E-state index >= 15 is 0 Å². The van der Waals surface area contributed by atoms with E-state index in [1.54, 1.807) is 6.07 Å². The fourth-order valence-corrected chi connectivity index (χ4v) is 3.65. The molecule has 0 bridgehead atoms. The highest BCUT2D eigenvalue weighted by Gasteiger charge is 2.24. The van der Waals surface area contributed by atoms with E-state index in [9.17, 15) is 0 Å². The molecule has 0 amide bonds. The van der Waals surface area contributed by atoms with Crippen molar-refractivity contribution < 1.29 is 4.74 Å². The smallest absolute Gasteiger partial charge is 0.140 e. The Morgan fingerprint density at radius 2 is 2.15 bits per heavy atom. The molecule has 1 aromatic heterocycles. The Kier molecular flexibility index (Phi) is 5.21. The zero-order chi connectivity index (χ0) is 13.4. The fraction of sp³-hybridized carbons (Fsp3) is 0.286. The molecule has 0 aliphatic carbocycles. The molecule has 3 rings (SSSR count). The van der Waals surface area contributed by atoms with Gasteiger partial charge in [0, 0.05) is 28.4 Å². The van der Waals surface area contributed by atoms with E-state index in [0.29, 0.717) is 15.8 Å². The fourth-order valence-electron chi connectivity index (χ4n) is 2.25. The second-order valence-electron chi connectivity index (χ2n) is 4.52. The van der Waals surface area contributed by atoms with E-state index in [1.807, 2.05) is 23.5 Å². The van der Waals surface area contributed by atoms with Crippen molar-refractivity contribution in [2.45, 2.75) is 19.6 Å². The Hall–Kier alpha value is -0.450. The van der Waals surface area contributed by atoms with Gasteiger partial charge in [0.05, 0.1) is 5.02 Å². The maximum absolute atomic E-state index is 6.17. The molecular weight excluding hydrogens is 337 g/mol. The summed E-state index contributed by atoms with van der Waals surface area (Å²) >= 11 is 14.0. The van der Waals surface area contributed by atoms with Crippen LogP contribution in [0, 0.1) is 6.92 Å². The van der Waals surface area contributed by atoms with Crippen molar-refractivity contribution in [3.63, 3.8) is 0 Å². The van der Waals surface area contributed by atoms with E-state index < -0.39 is 0 Å². The average Bonchev–Trinajstić information content (AvgIpc) is 2.76. The molecule has 108 valence electrons. The second-order valence-corrected chi connectivity index (χ2v) is 6.65. The van der Waals surface area contributed by atoms with Crippen molar-refractivity contribution in [3.05, 3.63) is 49.6 Å². The molecule has 0 saturated heterocycles. The Bertz CT molecular complexity index is 614. The van der Waals surface area contributed by atoms with E-state index in [4.69, 9.17) is 27.9 Å². The summed E-state index contributed by atoms with van der Waals surface area (Å²) < 4.78 is 6.03. The third-order valence-corrected chi connectivity index (χ3v) is 4.98. The molecule has 0 fully saturated rings. The van der Waals surface area contributed by atoms with Crippen molar-refractivity contribution >= 4 is 46.9 Å². The third kappa shape index (κ3) is 3.07. The Morgan fingerprint density at radius 1 is 1.35 bits per heavy atom. The standard InChI is InChI=1S/C14H13Cl2NOS.ClH/c1-8-5-9-12(6-17-7-13(9)19-8)18-11-4-2-3-10(15)14(11)16;/h2-5,12,17H,6-7H2,1H3;1H. The number of ether oxygens (including phenoxy) is 1. The van der Waals surface area contributed by atoms with Crippen molar-refractivity contribution in [2.75, 3.05) is 6.54 Å². The van der Waals surface area contributed by atoms with Gasteiger partial charge in [-0.15, -0.1) is 23.7 Å². The summed E-state index contributed by atoms with van der Waals surface area (Å²) in [5.74, 6) is 0.637. The topological polar surface area (TPSA) is 21.3 Å². The first-order chi connectivity index (χ1) is 9.15. The van der Waals surface area contributed by atoms with Crippen molar-refractivity contribution in [1.82, 2.24) is 5.32 Å². The molecule has 0 spiro atoms. The van der Waals surface area contributed by atoms with Crippen LogP contribution >= 0.6 is 46.9 Å². The molecule has 1 aromatic carbocycles. The summed E-state index contributed by atoms with van der Waals surface area (Å²) in [5, 5.41) is 4.36. The summed E-state index contributed by atoms with van der Waals surface area (Å²) in [5.41, 5.74) is 1.26. The van der Waals surface area contributed by atoms with Crippen molar-refractivity contribution in [1.29, 1.82) is 0 Å². The van der Waals surface area contributed by atoms with Crippen molar-refractivity contribution in [2.24, 2.45) is 0 Å². The van der Waals surface area contributed by atoms with Gasteiger partial charge in [0.25, 0.3) is 0 Å². The summed E-state index contributed by atoms with van der Waals surface area (Å²) in [4.78, 5) is 2.64. The summed E-state index contributed by atoms with van der Waals surface area (Å²) in [6.45, 7) is 3.81. The highest BCUT2D eigenvalue weighted by molar-refractivity contribution is 7.12. The van der Waals surface area contributed by atoms with Crippen LogP contribution in [0.2, 0.25) is 10.0 Å². The van der Waals surface area contributed by atoms with Gasteiger partial charge in [-0.05, 0) is 25.1 Å². The van der Waals surface area contributed by atoms with Gasteiger partial charge >= 0.3 is 0 Å². The summed E-state index contributed by atoms with van der Waals surface area (Å²) in [7, 11) is 0. The predicted molar refractivity (Wildman–Crippen MR) is 87.8 cm³/mol. The molecule has 2 aromatic rings. The molecule has 1 N–H and O–H groups in total. The minimum atomic E-state index is -0.00957. The van der Waals surface area contributed by atoms with Crippen LogP contribution < -0.4 is 10.1 Å². The molecule has 0 radical (unpaired) electrons. The summed E-state index contributed by atoms with van der Waals surface area (Å²) in [6, 6.07) is 7.65. The minimum absolute atomic E-state index is 0. The average molecular weight is 351 g/mol. The largest absolute Gasteiger partial charge is 0.483 e. The number of fused-ring (bicyclic) bond motifs is 1. The zero-order valence-corrected chi connectivity index (χ0v) is 13.9. The van der Waals surface area contributed by atoms with Gasteiger partial charge in [0.1, 0.15) is 16.9 Å². The highest BCUT2D eigenvalue weighted by atomic mass is 35.5. The lowest BCUT2D eigenvalue weighted by Crippen LogP contribution is -2.30. The normalized spacial score (nSPS) is 17.2. The minimum Gasteiger partial charge on any atom is -0.483 e. The second kappa shape index (κ2) is 6.54. The van der Waals surface area contributed by atoms with E-state index in [-0.39, 0.29) is 18.5 Å². The Balaban J connectivity index is 0.00000147. The van der Waals surface area contributed by atoms with Crippen LogP contribution in [0.25, 0.3) is 0 Å². The quantitative estimate of drug-likeness (QED) is 0.822. The number of rotatable bonds is 2. The number of halogens is 3.